The Kier molecular flexibility index (Phi) is 3.99. The molecule has 0 unspecified atom stereocenters. The van der Waals surface area contributed by atoms with Gasteiger partial charge >= 0.3 is 6.61 Å². The van der Waals surface area contributed by atoms with Crippen molar-refractivity contribution in [1.82, 2.24) is 0 Å². The lowest BCUT2D eigenvalue weighted by atomic mass is 9.97. The van der Waals surface area contributed by atoms with E-state index in [-0.39, 0.29) is 11.5 Å². The lowest BCUT2D eigenvalue weighted by molar-refractivity contribution is -0.0499. The number of Topliss-reactive ketones (excluding diaryl/α,β-unsaturated/α-hetero) is 1. The van der Waals surface area contributed by atoms with Crippen molar-refractivity contribution in [2.75, 3.05) is 0 Å². The van der Waals surface area contributed by atoms with E-state index in [0.29, 0.717) is 12.0 Å². The van der Waals surface area contributed by atoms with Gasteiger partial charge in [0.05, 0.1) is 0 Å². The highest BCUT2D eigenvalue weighted by Crippen LogP contribution is 2.24. The van der Waals surface area contributed by atoms with Crippen LogP contribution in [0.25, 0.3) is 0 Å². The maximum absolute atomic E-state index is 12.1. The van der Waals surface area contributed by atoms with Crippen LogP contribution in [0.4, 0.5) is 8.78 Å². The summed E-state index contributed by atoms with van der Waals surface area (Å²) in [5.41, 5.74) is 2.14. The third-order valence-electron chi connectivity index (χ3n) is 2.40. The summed E-state index contributed by atoms with van der Waals surface area (Å²) >= 11 is 0. The zero-order valence-electron chi connectivity index (χ0n) is 9.51. The van der Waals surface area contributed by atoms with Crippen molar-refractivity contribution in [3.05, 3.63) is 28.8 Å². The molecule has 16 heavy (non-hydrogen) atoms. The summed E-state index contributed by atoms with van der Waals surface area (Å²) in [6.07, 6.45) is 0.690. The molecule has 0 N–H and O–H groups in total. The summed E-state index contributed by atoms with van der Waals surface area (Å²) < 4.78 is 28.4. The molecule has 0 aliphatic carbocycles. The Bertz CT molecular complexity index is 400. The fourth-order valence-corrected chi connectivity index (χ4v) is 1.74. The Hall–Kier alpha value is -1.45. The third kappa shape index (κ3) is 2.78. The van der Waals surface area contributed by atoms with Gasteiger partial charge in [-0.3, -0.25) is 4.79 Å². The first-order valence-electron chi connectivity index (χ1n) is 5.05. The molecule has 0 atom stereocenters. The predicted octanol–water partition coefficient (Wildman–Crippen LogP) is 3.36. The van der Waals surface area contributed by atoms with Crippen LogP contribution in [0.1, 0.15) is 35.3 Å². The smallest absolute Gasteiger partial charge is 0.387 e. The molecule has 0 heterocycles. The fraction of sp³-hybridized carbons (Fsp3) is 0.417. The predicted molar refractivity (Wildman–Crippen MR) is 57.2 cm³/mol. The number of hydrogen-bond donors (Lipinski definition) is 0. The number of halogens is 2. The van der Waals surface area contributed by atoms with Crippen molar-refractivity contribution in [1.29, 1.82) is 0 Å². The van der Waals surface area contributed by atoms with Gasteiger partial charge in [-0.15, -0.1) is 0 Å². The molecule has 0 fully saturated rings. The van der Waals surface area contributed by atoms with E-state index in [9.17, 15) is 13.6 Å². The Labute approximate surface area is 93.2 Å². The van der Waals surface area contributed by atoms with Crippen LogP contribution in [0, 0.1) is 6.92 Å². The van der Waals surface area contributed by atoms with Crippen molar-refractivity contribution >= 4 is 5.78 Å². The van der Waals surface area contributed by atoms with E-state index >= 15 is 0 Å². The molecule has 0 aliphatic heterocycles. The quantitative estimate of drug-likeness (QED) is 0.738. The first kappa shape index (κ1) is 12.6. The summed E-state index contributed by atoms with van der Waals surface area (Å²) in [7, 11) is 0. The number of rotatable bonds is 4. The first-order chi connectivity index (χ1) is 7.45. The summed E-state index contributed by atoms with van der Waals surface area (Å²) in [5, 5.41) is 0. The zero-order chi connectivity index (χ0) is 12.3. The highest BCUT2D eigenvalue weighted by atomic mass is 19.3. The van der Waals surface area contributed by atoms with Crippen LogP contribution in [0.5, 0.6) is 5.75 Å². The van der Waals surface area contributed by atoms with E-state index in [2.05, 4.69) is 4.74 Å². The number of ketones is 1. The van der Waals surface area contributed by atoms with Gasteiger partial charge in [-0.05, 0) is 43.5 Å². The lowest BCUT2D eigenvalue weighted by Gasteiger charge is -2.12. The normalized spacial score (nSPS) is 10.6. The molecule has 4 heteroatoms. The van der Waals surface area contributed by atoms with Crippen LogP contribution in [-0.4, -0.2) is 12.4 Å². The van der Waals surface area contributed by atoms with Crippen LogP contribution in [0.15, 0.2) is 12.1 Å². The van der Waals surface area contributed by atoms with Gasteiger partial charge in [0.1, 0.15) is 5.75 Å². The second-order valence-electron chi connectivity index (χ2n) is 3.55. The van der Waals surface area contributed by atoms with Crippen molar-refractivity contribution < 1.29 is 18.3 Å². The number of benzene rings is 1. The van der Waals surface area contributed by atoms with Gasteiger partial charge in [0.25, 0.3) is 0 Å². The van der Waals surface area contributed by atoms with Gasteiger partial charge in [-0.1, -0.05) is 6.92 Å². The number of ether oxygens (including phenoxy) is 1. The highest BCUT2D eigenvalue weighted by Gasteiger charge is 2.13. The highest BCUT2D eigenvalue weighted by molar-refractivity contribution is 5.96. The van der Waals surface area contributed by atoms with Crippen LogP contribution in [-0.2, 0) is 6.42 Å². The van der Waals surface area contributed by atoms with E-state index in [1.165, 1.54) is 19.1 Å². The maximum atomic E-state index is 12.1. The maximum Gasteiger partial charge on any atom is 0.387 e. The number of hydrogen-bond acceptors (Lipinski definition) is 2. The standard InChI is InChI=1S/C12H14F2O2/c1-4-10-7(2)5-9(16-12(13)14)6-11(10)8(3)15/h5-6,12H,4H2,1-3H3. The summed E-state index contributed by atoms with van der Waals surface area (Å²) in [6.45, 7) is 2.25. The van der Waals surface area contributed by atoms with E-state index < -0.39 is 6.61 Å². The van der Waals surface area contributed by atoms with Crippen LogP contribution in [0.2, 0.25) is 0 Å². The van der Waals surface area contributed by atoms with Crippen LogP contribution in [0.3, 0.4) is 0 Å². The Morgan fingerprint density at radius 3 is 2.50 bits per heavy atom. The van der Waals surface area contributed by atoms with E-state index in [1.54, 1.807) is 6.92 Å². The average Bonchev–Trinajstić information content (AvgIpc) is 2.15. The van der Waals surface area contributed by atoms with Gasteiger partial charge in [-0.25, -0.2) is 0 Å². The molecule has 2 nitrogen and oxygen atoms in total. The summed E-state index contributed by atoms with van der Waals surface area (Å²) in [4.78, 5) is 11.4. The van der Waals surface area contributed by atoms with Crippen LogP contribution < -0.4 is 4.74 Å². The molecule has 0 bridgehead atoms. The lowest BCUT2D eigenvalue weighted by Crippen LogP contribution is -2.06. The van der Waals surface area contributed by atoms with Gasteiger partial charge < -0.3 is 4.74 Å². The molecule has 0 aromatic heterocycles. The van der Waals surface area contributed by atoms with Gasteiger partial charge in [0.15, 0.2) is 5.78 Å². The largest absolute Gasteiger partial charge is 0.435 e. The number of aryl methyl sites for hydroxylation is 1. The topological polar surface area (TPSA) is 26.3 Å². The van der Waals surface area contributed by atoms with Crippen LogP contribution >= 0.6 is 0 Å². The second-order valence-corrected chi connectivity index (χ2v) is 3.55. The molecule has 1 rings (SSSR count). The van der Waals surface area contributed by atoms with Crippen molar-refractivity contribution in [2.24, 2.45) is 0 Å². The minimum absolute atomic E-state index is 0.0369. The molecule has 0 aliphatic rings. The van der Waals surface area contributed by atoms with Crippen molar-refractivity contribution in [3.8, 4) is 5.75 Å². The number of carbonyl (C=O) groups excluding carboxylic acids is 1. The fourth-order valence-electron chi connectivity index (χ4n) is 1.74. The van der Waals surface area contributed by atoms with Gasteiger partial charge in [0, 0.05) is 5.56 Å². The van der Waals surface area contributed by atoms with E-state index in [0.717, 1.165) is 11.1 Å². The molecule has 1 aromatic carbocycles. The van der Waals surface area contributed by atoms with E-state index in [4.69, 9.17) is 0 Å². The molecule has 0 saturated heterocycles. The Morgan fingerprint density at radius 1 is 1.44 bits per heavy atom. The number of alkyl halides is 2. The molecule has 1 aromatic rings. The second kappa shape index (κ2) is 5.05. The Morgan fingerprint density at radius 2 is 2.06 bits per heavy atom. The molecule has 0 saturated carbocycles. The third-order valence-corrected chi connectivity index (χ3v) is 2.40. The number of carbonyl (C=O) groups is 1. The molecule has 88 valence electrons. The van der Waals surface area contributed by atoms with Crippen molar-refractivity contribution in [2.45, 2.75) is 33.8 Å². The molecular formula is C12H14F2O2. The first-order valence-corrected chi connectivity index (χ1v) is 5.05. The minimum atomic E-state index is -2.87. The monoisotopic (exact) mass is 228 g/mol. The van der Waals surface area contributed by atoms with Gasteiger partial charge in [-0.2, -0.15) is 8.78 Å². The van der Waals surface area contributed by atoms with Gasteiger partial charge in [0.2, 0.25) is 0 Å². The Balaban J connectivity index is 3.22. The van der Waals surface area contributed by atoms with Crippen molar-refractivity contribution in [3.63, 3.8) is 0 Å². The zero-order valence-corrected chi connectivity index (χ0v) is 9.51. The molecule has 0 spiro atoms. The molecular weight excluding hydrogens is 214 g/mol. The molecule has 0 radical (unpaired) electrons. The van der Waals surface area contributed by atoms with E-state index in [1.807, 2.05) is 6.92 Å². The SMILES string of the molecule is CCc1c(C)cc(OC(F)F)cc1C(C)=O. The molecule has 0 amide bonds. The summed E-state index contributed by atoms with van der Waals surface area (Å²) in [5.74, 6) is -0.102. The summed E-state index contributed by atoms with van der Waals surface area (Å²) in [6, 6.07) is 2.90. The average molecular weight is 228 g/mol. The minimum Gasteiger partial charge on any atom is -0.435 e.